The van der Waals surface area contributed by atoms with Crippen LogP contribution in [-0.4, -0.2) is 29.3 Å². The van der Waals surface area contributed by atoms with Crippen molar-refractivity contribution in [3.8, 4) is 11.8 Å². The van der Waals surface area contributed by atoms with E-state index in [4.69, 9.17) is 9.47 Å². The lowest BCUT2D eigenvalue weighted by molar-refractivity contribution is -0.0914. The summed E-state index contributed by atoms with van der Waals surface area (Å²) in [5, 5.41) is 11.4. The number of aromatic nitrogens is 2. The molecule has 0 bridgehead atoms. The average Bonchev–Trinajstić information content (AvgIpc) is 2.45. The molecule has 1 heterocycles. The van der Waals surface area contributed by atoms with Crippen LogP contribution in [0.2, 0.25) is 0 Å². The fourth-order valence-corrected chi connectivity index (χ4v) is 3.54. The van der Waals surface area contributed by atoms with Gasteiger partial charge < -0.3 is 14.6 Å². The van der Waals surface area contributed by atoms with Crippen LogP contribution < -0.4 is 9.47 Å². The summed E-state index contributed by atoms with van der Waals surface area (Å²) in [5.74, 6) is 1.74. The van der Waals surface area contributed by atoms with Gasteiger partial charge in [0.25, 0.3) is 0 Å². The van der Waals surface area contributed by atoms with Gasteiger partial charge in [0.05, 0.1) is 20.4 Å². The summed E-state index contributed by atoms with van der Waals surface area (Å²) in [4.78, 5) is 8.70. The first-order chi connectivity index (χ1) is 9.92. The second kappa shape index (κ2) is 6.18. The van der Waals surface area contributed by atoms with Gasteiger partial charge in [0.15, 0.2) is 0 Å². The van der Waals surface area contributed by atoms with Gasteiger partial charge in [-0.2, -0.15) is 4.98 Å². The van der Waals surface area contributed by atoms with Crippen molar-refractivity contribution in [2.24, 2.45) is 17.8 Å². The third-order valence-corrected chi connectivity index (χ3v) is 4.58. The molecule has 1 saturated carbocycles. The van der Waals surface area contributed by atoms with Crippen LogP contribution >= 0.6 is 0 Å². The summed E-state index contributed by atoms with van der Waals surface area (Å²) in [6.45, 7) is 6.47. The Morgan fingerprint density at radius 3 is 2.57 bits per heavy atom. The number of ether oxygens (including phenoxy) is 2. The Labute approximate surface area is 126 Å². The van der Waals surface area contributed by atoms with E-state index in [1.165, 1.54) is 7.11 Å². The van der Waals surface area contributed by atoms with Gasteiger partial charge in [-0.25, -0.2) is 4.98 Å². The summed E-state index contributed by atoms with van der Waals surface area (Å²) >= 11 is 0. The Kier molecular flexibility index (Phi) is 4.71. The van der Waals surface area contributed by atoms with Gasteiger partial charge in [-0.1, -0.05) is 27.2 Å². The predicted octanol–water partition coefficient (Wildman–Crippen LogP) is 2.77. The van der Waals surface area contributed by atoms with Crippen LogP contribution in [0.4, 0.5) is 0 Å². The van der Waals surface area contributed by atoms with Crippen molar-refractivity contribution in [3.63, 3.8) is 0 Å². The van der Waals surface area contributed by atoms with E-state index in [2.05, 4.69) is 30.7 Å². The van der Waals surface area contributed by atoms with Gasteiger partial charge in [0.2, 0.25) is 11.8 Å². The summed E-state index contributed by atoms with van der Waals surface area (Å²) in [7, 11) is 3.09. The normalized spacial score (nSPS) is 29.5. The molecule has 1 aliphatic carbocycles. The molecule has 1 fully saturated rings. The first-order valence-electron chi connectivity index (χ1n) is 7.60. The van der Waals surface area contributed by atoms with Crippen LogP contribution in [-0.2, 0) is 5.60 Å². The lowest BCUT2D eigenvalue weighted by atomic mass is 9.65. The Morgan fingerprint density at radius 1 is 1.29 bits per heavy atom. The standard InChI is InChI=1S/C16H26N2O3/c1-10(2)12-7-6-11(3)8-16(12,19)14-15(21-5)18-13(20-4)9-17-14/h9-12,19H,6-8H2,1-5H3. The van der Waals surface area contributed by atoms with E-state index in [1.54, 1.807) is 13.3 Å². The lowest BCUT2D eigenvalue weighted by Crippen LogP contribution is -2.44. The lowest BCUT2D eigenvalue weighted by Gasteiger charge is -2.44. The maximum Gasteiger partial charge on any atom is 0.241 e. The van der Waals surface area contributed by atoms with E-state index in [1.807, 2.05) is 0 Å². The zero-order chi connectivity index (χ0) is 15.6. The molecule has 0 amide bonds. The topological polar surface area (TPSA) is 64.5 Å². The maximum absolute atomic E-state index is 11.4. The second-order valence-corrected chi connectivity index (χ2v) is 6.43. The molecule has 1 aromatic rings. The minimum Gasteiger partial charge on any atom is -0.480 e. The van der Waals surface area contributed by atoms with Crippen LogP contribution in [0.3, 0.4) is 0 Å². The summed E-state index contributed by atoms with van der Waals surface area (Å²) < 4.78 is 10.4. The molecule has 5 heteroatoms. The molecule has 1 N–H and O–H groups in total. The average molecular weight is 294 g/mol. The summed E-state index contributed by atoms with van der Waals surface area (Å²) in [6.07, 6.45) is 4.36. The zero-order valence-electron chi connectivity index (χ0n) is 13.6. The molecule has 0 aliphatic heterocycles. The van der Waals surface area contributed by atoms with Crippen molar-refractivity contribution in [3.05, 3.63) is 11.9 Å². The number of rotatable bonds is 4. The van der Waals surface area contributed by atoms with E-state index in [-0.39, 0.29) is 5.92 Å². The van der Waals surface area contributed by atoms with Crippen LogP contribution in [0, 0.1) is 17.8 Å². The van der Waals surface area contributed by atoms with E-state index in [0.717, 1.165) is 12.8 Å². The first-order valence-corrected chi connectivity index (χ1v) is 7.60. The highest BCUT2D eigenvalue weighted by molar-refractivity contribution is 5.29. The number of hydrogen-bond donors (Lipinski definition) is 1. The Hall–Kier alpha value is -1.36. The largest absolute Gasteiger partial charge is 0.480 e. The zero-order valence-corrected chi connectivity index (χ0v) is 13.6. The summed E-state index contributed by atoms with van der Waals surface area (Å²) in [6, 6.07) is 0. The molecule has 1 aromatic heterocycles. The van der Waals surface area contributed by atoms with Crippen molar-refractivity contribution in [1.29, 1.82) is 0 Å². The van der Waals surface area contributed by atoms with Gasteiger partial charge in [-0.05, 0) is 30.6 Å². The van der Waals surface area contributed by atoms with E-state index in [0.29, 0.717) is 35.7 Å². The molecule has 2 rings (SSSR count). The molecule has 0 radical (unpaired) electrons. The number of nitrogens with zero attached hydrogens (tertiary/aromatic N) is 2. The van der Waals surface area contributed by atoms with Crippen molar-refractivity contribution in [2.45, 2.75) is 45.6 Å². The van der Waals surface area contributed by atoms with Crippen molar-refractivity contribution < 1.29 is 14.6 Å². The second-order valence-electron chi connectivity index (χ2n) is 6.43. The fraction of sp³-hybridized carbons (Fsp3) is 0.750. The van der Waals surface area contributed by atoms with Gasteiger partial charge in [0.1, 0.15) is 11.3 Å². The Morgan fingerprint density at radius 2 is 2.00 bits per heavy atom. The van der Waals surface area contributed by atoms with E-state index < -0.39 is 5.60 Å². The van der Waals surface area contributed by atoms with Gasteiger partial charge in [-0.3, -0.25) is 0 Å². The molecule has 0 saturated heterocycles. The van der Waals surface area contributed by atoms with Gasteiger partial charge >= 0.3 is 0 Å². The molecule has 1 aliphatic rings. The number of hydrogen-bond acceptors (Lipinski definition) is 5. The third kappa shape index (κ3) is 2.98. The highest BCUT2D eigenvalue weighted by atomic mass is 16.5. The molecular weight excluding hydrogens is 268 g/mol. The highest BCUT2D eigenvalue weighted by Gasteiger charge is 2.47. The predicted molar refractivity (Wildman–Crippen MR) is 80.4 cm³/mol. The Bertz CT molecular complexity index is 492. The monoisotopic (exact) mass is 294 g/mol. The van der Waals surface area contributed by atoms with Crippen molar-refractivity contribution in [2.75, 3.05) is 14.2 Å². The van der Waals surface area contributed by atoms with Crippen LogP contribution in [0.25, 0.3) is 0 Å². The molecule has 0 spiro atoms. The molecule has 0 aromatic carbocycles. The van der Waals surface area contributed by atoms with Crippen LogP contribution in [0.1, 0.15) is 45.7 Å². The van der Waals surface area contributed by atoms with E-state index in [9.17, 15) is 5.11 Å². The quantitative estimate of drug-likeness (QED) is 0.925. The molecule has 118 valence electrons. The number of aliphatic hydroxyl groups is 1. The van der Waals surface area contributed by atoms with Crippen LogP contribution in [0.5, 0.6) is 11.8 Å². The molecule has 5 nitrogen and oxygen atoms in total. The minimum atomic E-state index is -0.990. The molecular formula is C16H26N2O3. The van der Waals surface area contributed by atoms with Crippen molar-refractivity contribution in [1.82, 2.24) is 9.97 Å². The molecule has 3 unspecified atom stereocenters. The minimum absolute atomic E-state index is 0.158. The third-order valence-electron chi connectivity index (χ3n) is 4.58. The van der Waals surface area contributed by atoms with Gasteiger partial charge in [0, 0.05) is 0 Å². The fourth-order valence-electron chi connectivity index (χ4n) is 3.54. The number of methoxy groups -OCH3 is 2. The highest BCUT2D eigenvalue weighted by Crippen LogP contribution is 2.48. The Balaban J connectivity index is 2.48. The van der Waals surface area contributed by atoms with Gasteiger partial charge in [-0.15, -0.1) is 0 Å². The summed E-state index contributed by atoms with van der Waals surface area (Å²) in [5.41, 5.74) is -0.452. The van der Waals surface area contributed by atoms with Crippen molar-refractivity contribution >= 4 is 0 Å². The SMILES string of the molecule is COc1cnc(C2(O)CC(C)CCC2C(C)C)c(OC)n1. The molecule has 21 heavy (non-hydrogen) atoms. The smallest absolute Gasteiger partial charge is 0.241 e. The molecule has 3 atom stereocenters. The van der Waals surface area contributed by atoms with E-state index >= 15 is 0 Å². The van der Waals surface area contributed by atoms with Crippen LogP contribution in [0.15, 0.2) is 6.20 Å². The maximum atomic E-state index is 11.4. The first kappa shape index (κ1) is 16.0.